The Morgan fingerprint density at radius 2 is 2.17 bits per heavy atom. The van der Waals surface area contributed by atoms with E-state index in [9.17, 15) is 14.9 Å². The number of carbonyl (C=O) groups is 2. The van der Waals surface area contributed by atoms with Crippen molar-refractivity contribution in [3.05, 3.63) is 53.2 Å². The Hall–Kier alpha value is -3.93. The number of piperazine rings is 1. The lowest BCUT2D eigenvalue weighted by atomic mass is 9.65. The highest BCUT2D eigenvalue weighted by Crippen LogP contribution is 2.46. The highest BCUT2D eigenvalue weighted by molar-refractivity contribution is 6.04. The molecule has 5 rings (SSSR count). The molecule has 1 saturated heterocycles. The smallest absolute Gasteiger partial charge is 0.318 e. The van der Waals surface area contributed by atoms with Crippen LogP contribution >= 0.6 is 0 Å². The molecule has 0 saturated carbocycles. The number of methoxy groups -OCH3 is 1. The van der Waals surface area contributed by atoms with Crippen molar-refractivity contribution in [3.63, 3.8) is 0 Å². The van der Waals surface area contributed by atoms with Gasteiger partial charge in [0.1, 0.15) is 5.69 Å². The number of anilines is 2. The molecule has 3 heterocycles. The van der Waals surface area contributed by atoms with Gasteiger partial charge in [-0.3, -0.25) is 9.59 Å². The molecule has 1 fully saturated rings. The van der Waals surface area contributed by atoms with Crippen LogP contribution < -0.4 is 15.0 Å². The Morgan fingerprint density at radius 3 is 2.94 bits per heavy atom. The molecule has 186 valence electrons. The zero-order valence-corrected chi connectivity index (χ0v) is 20.7. The van der Waals surface area contributed by atoms with E-state index in [0.29, 0.717) is 37.6 Å². The van der Waals surface area contributed by atoms with Crippen LogP contribution in [-0.2, 0) is 27.8 Å². The topological polar surface area (TPSA) is 111 Å². The number of aromatic nitrogens is 2. The molecule has 1 aromatic carbocycles. The molecule has 3 aliphatic rings. The quantitative estimate of drug-likeness (QED) is 0.662. The average molecular weight is 487 g/mol. The van der Waals surface area contributed by atoms with Crippen molar-refractivity contribution in [1.29, 1.82) is 5.26 Å². The second-order valence-electron chi connectivity index (χ2n) is 9.57. The molecule has 0 bridgehead atoms. The molecule has 1 N–H and O–H groups in total. The fourth-order valence-corrected chi connectivity index (χ4v) is 5.84. The predicted octanol–water partition coefficient (Wildman–Crippen LogP) is 2.76. The number of aryl methyl sites for hydroxylation is 1. The van der Waals surface area contributed by atoms with E-state index in [1.54, 1.807) is 17.9 Å². The van der Waals surface area contributed by atoms with Crippen LogP contribution in [0.2, 0.25) is 0 Å². The first-order valence-electron chi connectivity index (χ1n) is 12.4. The fraction of sp³-hybridized carbons (Fsp3) is 0.444. The van der Waals surface area contributed by atoms with Gasteiger partial charge in [0.25, 0.3) is 0 Å². The van der Waals surface area contributed by atoms with Gasteiger partial charge in [-0.25, -0.2) is 0 Å². The van der Waals surface area contributed by atoms with Crippen LogP contribution in [0.3, 0.4) is 0 Å². The molecule has 9 heteroatoms. The number of allylic oxidation sites excluding steroid dienone is 1. The van der Waals surface area contributed by atoms with Crippen molar-refractivity contribution < 1.29 is 14.3 Å². The minimum Gasteiger partial charge on any atom is -0.467 e. The van der Waals surface area contributed by atoms with Gasteiger partial charge in [0.15, 0.2) is 5.82 Å². The third kappa shape index (κ3) is 3.96. The number of hydrogen-bond acceptors (Lipinski definition) is 7. The third-order valence-corrected chi connectivity index (χ3v) is 7.55. The summed E-state index contributed by atoms with van der Waals surface area (Å²) in [5, 5.41) is 12.6. The number of nitrogens with zero attached hydrogens (tertiary/aromatic N) is 5. The minimum atomic E-state index is -0.667. The van der Waals surface area contributed by atoms with E-state index in [4.69, 9.17) is 4.74 Å². The maximum atomic E-state index is 13.7. The van der Waals surface area contributed by atoms with E-state index < -0.39 is 5.41 Å². The molecule has 9 nitrogen and oxygen atoms in total. The van der Waals surface area contributed by atoms with Crippen molar-refractivity contribution in [2.75, 3.05) is 37.0 Å². The number of ether oxygens (including phenoxy) is 1. The monoisotopic (exact) mass is 486 g/mol. The number of nitriles is 1. The van der Waals surface area contributed by atoms with Crippen LogP contribution in [0.15, 0.2) is 36.4 Å². The molecule has 36 heavy (non-hydrogen) atoms. The Bertz CT molecular complexity index is 1270. The third-order valence-electron chi connectivity index (χ3n) is 7.55. The molecule has 2 amide bonds. The lowest BCUT2D eigenvalue weighted by Gasteiger charge is -2.44. The van der Waals surface area contributed by atoms with Crippen LogP contribution in [0.1, 0.15) is 43.0 Å². The highest BCUT2D eigenvalue weighted by Gasteiger charge is 2.48. The van der Waals surface area contributed by atoms with E-state index >= 15 is 0 Å². The Labute approximate surface area is 210 Å². The summed E-state index contributed by atoms with van der Waals surface area (Å²) in [4.78, 5) is 39.4. The van der Waals surface area contributed by atoms with Crippen LogP contribution in [0, 0.1) is 11.3 Å². The first-order valence-corrected chi connectivity index (χ1v) is 12.4. The first kappa shape index (κ1) is 23.8. The Balaban J connectivity index is 1.52. The van der Waals surface area contributed by atoms with Crippen LogP contribution in [-0.4, -0.2) is 59.5 Å². The van der Waals surface area contributed by atoms with Crippen LogP contribution in [0.5, 0.6) is 6.01 Å². The van der Waals surface area contributed by atoms with Crippen molar-refractivity contribution in [2.24, 2.45) is 0 Å². The maximum Gasteiger partial charge on any atom is 0.318 e. The lowest BCUT2D eigenvalue weighted by Crippen LogP contribution is -2.55. The standard InChI is InChI=1S/C27H30N6O3/c1-3-7-22(34)33-15-14-32(17-19(33)11-13-28)24-23-21(29-26(31-24)36-2)16-27(25(35)30-23)12-6-9-18-8-4-5-10-20(18)27/h3-5,7-8,10,19H,6,9,11-12,14-17H2,1-2H3,(H,30,35)/b7-3+. The van der Waals surface area contributed by atoms with Gasteiger partial charge in [0.05, 0.1) is 36.8 Å². The number of fused-ring (bicyclic) bond motifs is 3. The number of hydrogen-bond donors (Lipinski definition) is 1. The fourth-order valence-electron chi connectivity index (χ4n) is 5.84. The second-order valence-corrected chi connectivity index (χ2v) is 9.57. The molecule has 1 aromatic heterocycles. The average Bonchev–Trinajstić information content (AvgIpc) is 2.89. The first-order chi connectivity index (χ1) is 17.5. The number of benzene rings is 1. The normalized spacial score (nSPS) is 23.1. The van der Waals surface area contributed by atoms with Gasteiger partial charge in [-0.15, -0.1) is 0 Å². The molecular formula is C27H30N6O3. The SMILES string of the molecule is C/C=C/C(=O)N1CCN(c2nc(OC)nc3c2NC(=O)C2(CCCc4ccccc42)C3)CC1CC#N. The summed E-state index contributed by atoms with van der Waals surface area (Å²) in [5.74, 6) is 0.434. The molecular weight excluding hydrogens is 456 g/mol. The van der Waals surface area contributed by atoms with Crippen LogP contribution in [0.4, 0.5) is 11.5 Å². The zero-order chi connectivity index (χ0) is 25.3. The summed E-state index contributed by atoms with van der Waals surface area (Å²) in [5.41, 5.74) is 2.96. The van der Waals surface area contributed by atoms with Crippen molar-refractivity contribution in [3.8, 4) is 12.1 Å². The van der Waals surface area contributed by atoms with Crippen molar-refractivity contribution >= 4 is 23.3 Å². The van der Waals surface area contributed by atoms with E-state index in [2.05, 4.69) is 33.5 Å². The molecule has 2 atom stereocenters. The summed E-state index contributed by atoms with van der Waals surface area (Å²) < 4.78 is 5.46. The minimum absolute atomic E-state index is 0.0346. The Morgan fingerprint density at radius 1 is 1.33 bits per heavy atom. The maximum absolute atomic E-state index is 13.7. The van der Waals surface area contributed by atoms with Gasteiger partial charge in [0.2, 0.25) is 11.8 Å². The van der Waals surface area contributed by atoms with E-state index in [0.717, 1.165) is 30.5 Å². The van der Waals surface area contributed by atoms with Gasteiger partial charge in [-0.1, -0.05) is 30.3 Å². The van der Waals surface area contributed by atoms with Crippen molar-refractivity contribution in [2.45, 2.75) is 50.5 Å². The largest absolute Gasteiger partial charge is 0.467 e. The molecule has 2 unspecified atom stereocenters. The number of amides is 2. The second kappa shape index (κ2) is 9.61. The summed E-state index contributed by atoms with van der Waals surface area (Å²) in [7, 11) is 1.53. The van der Waals surface area contributed by atoms with Crippen LogP contribution in [0.25, 0.3) is 0 Å². The van der Waals surface area contributed by atoms with Gasteiger partial charge in [0, 0.05) is 26.1 Å². The van der Waals surface area contributed by atoms with E-state index in [1.807, 2.05) is 17.0 Å². The van der Waals surface area contributed by atoms with Gasteiger partial charge in [-0.05, 0) is 43.4 Å². The number of nitrogens with one attached hydrogen (secondary N) is 1. The highest BCUT2D eigenvalue weighted by atomic mass is 16.5. The Kier molecular flexibility index (Phi) is 6.35. The zero-order valence-electron chi connectivity index (χ0n) is 20.7. The number of carbonyl (C=O) groups excluding carboxylic acids is 2. The lowest BCUT2D eigenvalue weighted by molar-refractivity contribution is -0.128. The van der Waals surface area contributed by atoms with E-state index in [1.165, 1.54) is 18.7 Å². The van der Waals surface area contributed by atoms with Crippen molar-refractivity contribution in [1.82, 2.24) is 14.9 Å². The summed E-state index contributed by atoms with van der Waals surface area (Å²) in [6, 6.07) is 10.3. The molecule has 1 aliphatic carbocycles. The van der Waals surface area contributed by atoms with Gasteiger partial charge >= 0.3 is 6.01 Å². The molecule has 2 aromatic rings. The molecule has 1 spiro atoms. The van der Waals surface area contributed by atoms with E-state index in [-0.39, 0.29) is 30.3 Å². The number of rotatable bonds is 4. The van der Waals surface area contributed by atoms with Gasteiger partial charge in [-0.2, -0.15) is 15.2 Å². The summed E-state index contributed by atoms with van der Waals surface area (Å²) in [6.45, 7) is 3.18. The predicted molar refractivity (Wildman–Crippen MR) is 135 cm³/mol. The molecule has 0 radical (unpaired) electrons. The van der Waals surface area contributed by atoms with Gasteiger partial charge < -0.3 is 19.9 Å². The molecule has 2 aliphatic heterocycles. The summed E-state index contributed by atoms with van der Waals surface area (Å²) >= 11 is 0. The summed E-state index contributed by atoms with van der Waals surface area (Å²) in [6.07, 6.45) is 6.57.